The van der Waals surface area contributed by atoms with Gasteiger partial charge in [-0.25, -0.2) is 4.21 Å². The molecular formula is C15H15NOS. The molecule has 0 saturated carbocycles. The molecule has 0 amide bonds. The average Bonchev–Trinajstić information content (AvgIpc) is 2.47. The topological polar surface area (TPSA) is 30.0 Å². The van der Waals surface area contributed by atoms with Crippen LogP contribution in [0.5, 0.6) is 0 Å². The van der Waals surface area contributed by atoms with Crippen molar-refractivity contribution < 1.29 is 4.21 Å². The molecule has 0 N–H and O–H groups in total. The van der Waals surface area contributed by atoms with Crippen molar-refractivity contribution in [3.8, 4) is 0 Å². The maximum absolute atomic E-state index is 12.6. The van der Waals surface area contributed by atoms with Crippen molar-refractivity contribution in [2.45, 2.75) is 35.5 Å². The Kier molecular flexibility index (Phi) is 3.24. The highest BCUT2D eigenvalue weighted by Gasteiger charge is 2.18. The van der Waals surface area contributed by atoms with E-state index >= 15 is 0 Å². The average molecular weight is 257 g/mol. The second kappa shape index (κ2) is 5.02. The van der Waals surface area contributed by atoms with Crippen LogP contribution >= 0.6 is 0 Å². The number of benzene rings is 1. The van der Waals surface area contributed by atoms with E-state index in [4.69, 9.17) is 0 Å². The summed E-state index contributed by atoms with van der Waals surface area (Å²) in [6.07, 6.45) is 6.20. The maximum Gasteiger partial charge on any atom is 0.0853 e. The summed E-state index contributed by atoms with van der Waals surface area (Å²) in [5.74, 6) is 0. The highest BCUT2D eigenvalue weighted by Crippen LogP contribution is 2.27. The highest BCUT2D eigenvalue weighted by molar-refractivity contribution is 7.85. The minimum atomic E-state index is -1.08. The normalized spacial score (nSPS) is 16.0. The predicted molar refractivity (Wildman–Crippen MR) is 72.0 cm³/mol. The molecule has 1 aliphatic carbocycles. The molecule has 0 radical (unpaired) electrons. The van der Waals surface area contributed by atoms with Gasteiger partial charge >= 0.3 is 0 Å². The van der Waals surface area contributed by atoms with Crippen molar-refractivity contribution in [1.82, 2.24) is 4.98 Å². The van der Waals surface area contributed by atoms with Crippen LogP contribution in [0.4, 0.5) is 0 Å². The summed E-state index contributed by atoms with van der Waals surface area (Å²) < 4.78 is 12.6. The molecule has 3 rings (SSSR count). The van der Waals surface area contributed by atoms with Gasteiger partial charge in [0, 0.05) is 16.8 Å². The Morgan fingerprint density at radius 3 is 2.61 bits per heavy atom. The SMILES string of the molecule is O=S(c1ccccc1)c1ccnc2c1CCCC2. The van der Waals surface area contributed by atoms with Gasteiger partial charge in [0.2, 0.25) is 0 Å². The van der Waals surface area contributed by atoms with E-state index in [1.54, 1.807) is 6.20 Å². The zero-order chi connectivity index (χ0) is 12.4. The summed E-state index contributed by atoms with van der Waals surface area (Å²) in [5.41, 5.74) is 2.36. The van der Waals surface area contributed by atoms with Gasteiger partial charge in [-0.2, -0.15) is 0 Å². The molecule has 1 aromatic heterocycles. The quantitative estimate of drug-likeness (QED) is 0.827. The number of fused-ring (bicyclic) bond motifs is 1. The summed E-state index contributed by atoms with van der Waals surface area (Å²) >= 11 is 0. The Labute approximate surface area is 110 Å². The first kappa shape index (κ1) is 11.6. The summed E-state index contributed by atoms with van der Waals surface area (Å²) in [7, 11) is -1.08. The molecule has 1 heterocycles. The number of rotatable bonds is 2. The van der Waals surface area contributed by atoms with E-state index in [0.717, 1.165) is 28.3 Å². The fourth-order valence-electron chi connectivity index (χ4n) is 2.44. The van der Waals surface area contributed by atoms with Crippen LogP contribution in [-0.2, 0) is 23.6 Å². The molecule has 2 aromatic rings. The molecule has 0 spiro atoms. The van der Waals surface area contributed by atoms with E-state index < -0.39 is 10.8 Å². The molecule has 1 aliphatic rings. The summed E-state index contributed by atoms with van der Waals surface area (Å²) in [4.78, 5) is 6.24. The smallest absolute Gasteiger partial charge is 0.0853 e. The molecule has 92 valence electrons. The molecule has 1 aromatic carbocycles. The van der Waals surface area contributed by atoms with Gasteiger partial charge < -0.3 is 0 Å². The largest absolute Gasteiger partial charge is 0.261 e. The van der Waals surface area contributed by atoms with Crippen LogP contribution in [-0.4, -0.2) is 9.19 Å². The number of aryl methyl sites for hydroxylation is 1. The first-order valence-corrected chi connectivity index (χ1v) is 7.45. The fraction of sp³-hybridized carbons (Fsp3) is 0.267. The van der Waals surface area contributed by atoms with E-state index in [9.17, 15) is 4.21 Å². The molecular weight excluding hydrogens is 242 g/mol. The molecule has 1 unspecified atom stereocenters. The first-order valence-electron chi connectivity index (χ1n) is 6.30. The standard InChI is InChI=1S/C15H15NOS/c17-18(12-6-2-1-3-7-12)15-10-11-16-14-9-5-4-8-13(14)15/h1-3,6-7,10-11H,4-5,8-9H2. The van der Waals surface area contributed by atoms with Crippen LogP contribution in [0, 0.1) is 0 Å². The number of nitrogens with zero attached hydrogens (tertiary/aromatic N) is 1. The van der Waals surface area contributed by atoms with Crippen LogP contribution < -0.4 is 0 Å². The lowest BCUT2D eigenvalue weighted by Crippen LogP contribution is -2.09. The lowest BCUT2D eigenvalue weighted by molar-refractivity contribution is 0.649. The fourth-order valence-corrected chi connectivity index (χ4v) is 3.72. The lowest BCUT2D eigenvalue weighted by Gasteiger charge is -2.17. The van der Waals surface area contributed by atoms with E-state index in [1.165, 1.54) is 18.4 Å². The van der Waals surface area contributed by atoms with Gasteiger partial charge in [0.25, 0.3) is 0 Å². The summed E-state index contributed by atoms with van der Waals surface area (Å²) in [6.45, 7) is 0. The first-order chi connectivity index (χ1) is 8.86. The van der Waals surface area contributed by atoms with Gasteiger partial charge in [-0.15, -0.1) is 0 Å². The van der Waals surface area contributed by atoms with Gasteiger partial charge in [-0.3, -0.25) is 4.98 Å². The molecule has 18 heavy (non-hydrogen) atoms. The van der Waals surface area contributed by atoms with Crippen molar-refractivity contribution in [2.24, 2.45) is 0 Å². The Bertz CT molecular complexity index is 580. The molecule has 0 saturated heterocycles. The third kappa shape index (κ3) is 2.10. The van der Waals surface area contributed by atoms with E-state index in [0.29, 0.717) is 0 Å². The van der Waals surface area contributed by atoms with Crippen molar-refractivity contribution >= 4 is 10.8 Å². The predicted octanol–water partition coefficient (Wildman–Crippen LogP) is 3.13. The number of hydrogen-bond donors (Lipinski definition) is 0. The number of aromatic nitrogens is 1. The van der Waals surface area contributed by atoms with E-state index in [2.05, 4.69) is 4.98 Å². The molecule has 3 heteroatoms. The van der Waals surface area contributed by atoms with Gasteiger partial charge in [0.1, 0.15) is 0 Å². The Hall–Kier alpha value is -1.48. The Morgan fingerprint density at radius 1 is 1.00 bits per heavy atom. The summed E-state index contributed by atoms with van der Waals surface area (Å²) in [5, 5.41) is 0. The van der Waals surface area contributed by atoms with Crippen molar-refractivity contribution in [2.75, 3.05) is 0 Å². The minimum Gasteiger partial charge on any atom is -0.261 e. The van der Waals surface area contributed by atoms with Crippen LogP contribution in [0.25, 0.3) is 0 Å². The molecule has 0 bridgehead atoms. The van der Waals surface area contributed by atoms with Gasteiger partial charge in [0.05, 0.1) is 15.7 Å². The zero-order valence-corrected chi connectivity index (χ0v) is 11.0. The van der Waals surface area contributed by atoms with E-state index in [-0.39, 0.29) is 0 Å². The summed E-state index contributed by atoms with van der Waals surface area (Å²) in [6, 6.07) is 11.6. The van der Waals surface area contributed by atoms with E-state index in [1.807, 2.05) is 36.4 Å². The Morgan fingerprint density at radius 2 is 1.78 bits per heavy atom. The molecule has 0 aliphatic heterocycles. The highest BCUT2D eigenvalue weighted by atomic mass is 32.2. The third-order valence-corrected chi connectivity index (χ3v) is 4.83. The number of hydrogen-bond acceptors (Lipinski definition) is 2. The lowest BCUT2D eigenvalue weighted by atomic mass is 9.96. The van der Waals surface area contributed by atoms with Crippen LogP contribution in [0.3, 0.4) is 0 Å². The van der Waals surface area contributed by atoms with Crippen LogP contribution in [0.1, 0.15) is 24.1 Å². The second-order valence-corrected chi connectivity index (χ2v) is 5.97. The third-order valence-electron chi connectivity index (χ3n) is 3.35. The molecule has 0 fully saturated rings. The minimum absolute atomic E-state index is 0.872. The number of pyridine rings is 1. The van der Waals surface area contributed by atoms with Crippen molar-refractivity contribution in [3.63, 3.8) is 0 Å². The van der Waals surface area contributed by atoms with Gasteiger partial charge in [-0.05, 0) is 49.4 Å². The van der Waals surface area contributed by atoms with Crippen LogP contribution in [0.2, 0.25) is 0 Å². The van der Waals surface area contributed by atoms with Crippen molar-refractivity contribution in [1.29, 1.82) is 0 Å². The maximum atomic E-state index is 12.6. The Balaban J connectivity index is 2.05. The van der Waals surface area contributed by atoms with Gasteiger partial charge in [-0.1, -0.05) is 18.2 Å². The zero-order valence-electron chi connectivity index (χ0n) is 10.1. The van der Waals surface area contributed by atoms with Gasteiger partial charge in [0.15, 0.2) is 0 Å². The van der Waals surface area contributed by atoms with Crippen LogP contribution in [0.15, 0.2) is 52.4 Å². The molecule has 2 nitrogen and oxygen atoms in total. The molecule has 1 atom stereocenters. The monoisotopic (exact) mass is 257 g/mol. The second-order valence-electron chi connectivity index (χ2n) is 4.52. The van der Waals surface area contributed by atoms with Crippen molar-refractivity contribution in [3.05, 3.63) is 53.9 Å².